The molecule has 2 aliphatic heterocycles. The molecule has 1 aliphatic carbocycles. The van der Waals surface area contributed by atoms with Crippen LogP contribution in [0.25, 0.3) is 0 Å². The Kier molecular flexibility index (Phi) is 9.33. The van der Waals surface area contributed by atoms with Gasteiger partial charge >= 0.3 is 0 Å². The number of amides is 2. The van der Waals surface area contributed by atoms with Crippen molar-refractivity contribution >= 4 is 86.8 Å². The molecule has 0 bridgehead atoms. The van der Waals surface area contributed by atoms with Gasteiger partial charge in [0.2, 0.25) is 6.04 Å². The summed E-state index contributed by atoms with van der Waals surface area (Å²) in [6.07, 6.45) is 3.58. The van der Waals surface area contributed by atoms with E-state index in [9.17, 15) is 9.59 Å². The van der Waals surface area contributed by atoms with E-state index in [2.05, 4.69) is 27.6 Å². The second-order valence-corrected chi connectivity index (χ2v) is 13.6. The number of aliphatic imine (C=N–C) groups is 1. The Morgan fingerprint density at radius 1 is 1.07 bits per heavy atom. The Labute approximate surface area is 287 Å². The standard InChI is InChI=1S/C33H32Cl4N6O3/c1-4-42(32(45)29-33(46-29)13-5-6-19(3)17-33)22-11-12-26(23(35)16-22)38-30-27(40-39-21-9-7-18(2)8-10-21)31(44)43(41-30)28-24(36)14-20(34)15-25(28)37/h7-12,14-16,19,27,29H,4-6,13,17H2,1-3H3,(H,38,41). The van der Waals surface area contributed by atoms with Crippen LogP contribution < -0.4 is 15.3 Å². The lowest BCUT2D eigenvalue weighted by Crippen LogP contribution is -2.38. The predicted octanol–water partition coefficient (Wildman–Crippen LogP) is 9.04. The average Bonchev–Trinajstić information content (AvgIpc) is 3.60. The van der Waals surface area contributed by atoms with Gasteiger partial charge in [-0.05, 0) is 75.1 Å². The topological polar surface area (TPSA) is 102 Å². The quantitative estimate of drug-likeness (QED) is 0.196. The van der Waals surface area contributed by atoms with Crippen LogP contribution in [0.15, 0.2) is 69.8 Å². The second-order valence-electron chi connectivity index (χ2n) is 11.9. The van der Waals surface area contributed by atoms with E-state index in [1.807, 2.05) is 26.0 Å². The smallest absolute Gasteiger partial charge is 0.280 e. The maximum atomic E-state index is 13.7. The van der Waals surface area contributed by atoms with Gasteiger partial charge in [0.05, 0.1) is 26.4 Å². The Hall–Kier alpha value is -3.21. The third-order valence-corrected chi connectivity index (χ3v) is 9.62. The molecule has 3 aromatic carbocycles. The van der Waals surface area contributed by atoms with Gasteiger partial charge in [-0.15, -0.1) is 0 Å². The van der Waals surface area contributed by atoms with E-state index in [1.165, 1.54) is 17.1 Å². The number of nitrogens with zero attached hydrogens (tertiary/aromatic N) is 5. The summed E-state index contributed by atoms with van der Waals surface area (Å²) < 4.78 is 6.04. The lowest BCUT2D eigenvalue weighted by molar-refractivity contribution is -0.120. The van der Waals surface area contributed by atoms with Gasteiger partial charge in [-0.2, -0.15) is 10.2 Å². The number of carbonyl (C=O) groups is 2. The Morgan fingerprint density at radius 2 is 1.78 bits per heavy atom. The highest BCUT2D eigenvalue weighted by molar-refractivity contribution is 6.43. The molecule has 2 saturated heterocycles. The molecule has 9 nitrogen and oxygen atoms in total. The highest BCUT2D eigenvalue weighted by Crippen LogP contribution is 2.51. The monoisotopic (exact) mass is 700 g/mol. The Balaban J connectivity index is 1.30. The van der Waals surface area contributed by atoms with Crippen LogP contribution in [-0.2, 0) is 14.3 Å². The van der Waals surface area contributed by atoms with Gasteiger partial charge in [-0.3, -0.25) is 15.0 Å². The zero-order valence-corrected chi connectivity index (χ0v) is 28.5. The molecule has 13 heteroatoms. The molecule has 0 aromatic heterocycles. The van der Waals surface area contributed by atoms with Crippen LogP contribution in [0.3, 0.4) is 0 Å². The summed E-state index contributed by atoms with van der Waals surface area (Å²) in [6, 6.07) is 14.4. The number of benzene rings is 3. The summed E-state index contributed by atoms with van der Waals surface area (Å²) >= 11 is 25.8. The highest BCUT2D eigenvalue weighted by Gasteiger charge is 2.62. The number of anilines is 2. The number of rotatable bonds is 7. The van der Waals surface area contributed by atoms with Crippen molar-refractivity contribution in [1.29, 1.82) is 0 Å². The van der Waals surface area contributed by atoms with Gasteiger partial charge in [0.25, 0.3) is 11.8 Å². The number of amidine groups is 1. The van der Waals surface area contributed by atoms with Gasteiger partial charge in [0, 0.05) is 17.3 Å². The second kappa shape index (κ2) is 13.1. The van der Waals surface area contributed by atoms with Crippen molar-refractivity contribution in [2.75, 3.05) is 16.5 Å². The lowest BCUT2D eigenvalue weighted by atomic mass is 9.80. The summed E-state index contributed by atoms with van der Waals surface area (Å²) in [5.41, 5.74) is 5.45. The number of likely N-dealkylation sites (N-methyl/N-ethyl adjacent to an activating group) is 1. The number of aryl methyl sites for hydroxylation is 1. The lowest BCUT2D eigenvalue weighted by Gasteiger charge is -2.26. The first kappa shape index (κ1) is 32.7. The number of azo groups is 1. The number of carbonyl (C=O) groups excluding carboxylic acids is 2. The summed E-state index contributed by atoms with van der Waals surface area (Å²) in [6.45, 7) is 6.54. The molecule has 3 aromatic rings. The van der Waals surface area contributed by atoms with E-state index in [1.54, 1.807) is 35.2 Å². The summed E-state index contributed by atoms with van der Waals surface area (Å²) in [5.74, 6) is 0.111. The molecule has 2 amide bonds. The molecule has 2 heterocycles. The van der Waals surface area contributed by atoms with Gasteiger partial charge in [-0.25, -0.2) is 10.0 Å². The minimum atomic E-state index is -1.16. The van der Waals surface area contributed by atoms with E-state index < -0.39 is 18.1 Å². The van der Waals surface area contributed by atoms with Crippen molar-refractivity contribution in [3.8, 4) is 0 Å². The van der Waals surface area contributed by atoms with E-state index in [4.69, 9.17) is 51.1 Å². The molecular weight excluding hydrogens is 670 g/mol. The molecule has 4 atom stereocenters. The van der Waals surface area contributed by atoms with Crippen molar-refractivity contribution in [3.63, 3.8) is 0 Å². The number of hydrogen-bond acceptors (Lipinski definition) is 6. The maximum Gasteiger partial charge on any atom is 0.280 e. The largest absolute Gasteiger partial charge is 0.356 e. The van der Waals surface area contributed by atoms with E-state index in [0.29, 0.717) is 34.5 Å². The van der Waals surface area contributed by atoms with Crippen LogP contribution in [0.5, 0.6) is 0 Å². The SMILES string of the molecule is CCN(C(=O)C1OC12CCCC(C)C2)c1ccc(N=C2NN(c3c(Cl)cc(Cl)cc3Cl)C(=O)C2N=Nc2ccc(C)cc2)c(Cl)c1. The van der Waals surface area contributed by atoms with Crippen LogP contribution in [0.1, 0.15) is 45.1 Å². The van der Waals surface area contributed by atoms with Gasteiger partial charge < -0.3 is 9.64 Å². The van der Waals surface area contributed by atoms with Crippen LogP contribution in [0.2, 0.25) is 20.1 Å². The highest BCUT2D eigenvalue weighted by atomic mass is 35.5. The molecule has 0 radical (unpaired) electrons. The molecule has 1 spiro atoms. The predicted molar refractivity (Wildman–Crippen MR) is 183 cm³/mol. The molecule has 3 fully saturated rings. The van der Waals surface area contributed by atoms with Crippen molar-refractivity contribution in [2.45, 2.75) is 64.2 Å². The van der Waals surface area contributed by atoms with Crippen molar-refractivity contribution in [1.82, 2.24) is 5.43 Å². The van der Waals surface area contributed by atoms with Gasteiger partial charge in [0.15, 0.2) is 11.9 Å². The van der Waals surface area contributed by atoms with Crippen LogP contribution in [0.4, 0.5) is 22.7 Å². The number of hydrazine groups is 1. The van der Waals surface area contributed by atoms with Crippen LogP contribution >= 0.6 is 46.4 Å². The first-order valence-corrected chi connectivity index (χ1v) is 16.6. The zero-order chi connectivity index (χ0) is 32.7. The fourth-order valence-corrected chi connectivity index (χ4v) is 7.37. The van der Waals surface area contributed by atoms with Crippen LogP contribution in [0, 0.1) is 12.8 Å². The van der Waals surface area contributed by atoms with E-state index in [-0.39, 0.29) is 38.1 Å². The fourth-order valence-electron chi connectivity index (χ4n) is 6.17. The molecule has 6 rings (SSSR count). The number of hydrogen-bond donors (Lipinski definition) is 1. The third kappa shape index (κ3) is 6.49. The summed E-state index contributed by atoms with van der Waals surface area (Å²) in [5, 5.41) is 10.7. The van der Waals surface area contributed by atoms with Crippen molar-refractivity contribution in [2.24, 2.45) is 21.1 Å². The Bertz CT molecular complexity index is 1730. The van der Waals surface area contributed by atoms with E-state index in [0.717, 1.165) is 31.2 Å². The molecule has 46 heavy (non-hydrogen) atoms. The number of ether oxygens (including phenoxy) is 1. The minimum Gasteiger partial charge on any atom is -0.356 e. The van der Waals surface area contributed by atoms with Gasteiger partial charge in [-0.1, -0.05) is 83.9 Å². The molecule has 1 N–H and O–H groups in total. The number of nitrogens with one attached hydrogen (secondary N) is 1. The van der Waals surface area contributed by atoms with Crippen molar-refractivity contribution < 1.29 is 14.3 Å². The first-order chi connectivity index (χ1) is 22.0. The first-order valence-electron chi connectivity index (χ1n) is 15.1. The normalized spacial score (nSPS) is 25.0. The summed E-state index contributed by atoms with van der Waals surface area (Å²) in [7, 11) is 0. The molecule has 1 saturated carbocycles. The Morgan fingerprint density at radius 3 is 2.43 bits per heavy atom. The molecule has 3 aliphatic rings. The summed E-state index contributed by atoms with van der Waals surface area (Å²) in [4.78, 5) is 33.6. The number of epoxide rings is 1. The van der Waals surface area contributed by atoms with E-state index >= 15 is 0 Å². The zero-order valence-electron chi connectivity index (χ0n) is 25.4. The fraction of sp³-hybridized carbons (Fsp3) is 0.364. The minimum absolute atomic E-state index is 0.0706. The maximum absolute atomic E-state index is 13.7. The molecule has 4 unspecified atom stereocenters. The van der Waals surface area contributed by atoms with Crippen LogP contribution in [-0.4, -0.2) is 41.9 Å². The third-order valence-electron chi connectivity index (χ3n) is 8.52. The number of halogens is 4. The van der Waals surface area contributed by atoms with Crippen molar-refractivity contribution in [3.05, 3.63) is 80.3 Å². The molecular formula is C33H32Cl4N6O3. The van der Waals surface area contributed by atoms with Gasteiger partial charge in [0.1, 0.15) is 11.3 Å². The average molecular weight is 702 g/mol. The molecule has 240 valence electrons.